The molecule has 0 bridgehead atoms. The van der Waals surface area contributed by atoms with Gasteiger partial charge in [0.05, 0.1) is 12.5 Å². The average Bonchev–Trinajstić information content (AvgIpc) is 3.17. The Morgan fingerprint density at radius 1 is 0.556 bits per heavy atom. The van der Waals surface area contributed by atoms with Crippen molar-refractivity contribution < 1.29 is 24.2 Å². The third-order valence-corrected chi connectivity index (χ3v) is 12.1. The van der Waals surface area contributed by atoms with Crippen molar-refractivity contribution in [2.24, 2.45) is 5.92 Å². The van der Waals surface area contributed by atoms with E-state index in [1.165, 1.54) is 135 Å². The third-order valence-electron chi connectivity index (χ3n) is 10.8. The molecule has 7 heteroatoms. The van der Waals surface area contributed by atoms with Gasteiger partial charge < -0.3 is 19.5 Å². The minimum absolute atomic E-state index is 0.0137. The van der Waals surface area contributed by atoms with Crippen LogP contribution in [0.1, 0.15) is 233 Å². The summed E-state index contributed by atoms with van der Waals surface area (Å²) in [6, 6.07) is 0. The van der Waals surface area contributed by atoms with Crippen molar-refractivity contribution in [2.45, 2.75) is 239 Å². The molecule has 0 fully saturated rings. The van der Waals surface area contributed by atoms with Gasteiger partial charge in [-0.25, -0.2) is 0 Å². The molecule has 0 saturated heterocycles. The molecule has 1 atom stereocenters. The molecule has 0 aliphatic rings. The summed E-state index contributed by atoms with van der Waals surface area (Å²) in [5.74, 6) is 1.95. The van der Waals surface area contributed by atoms with Crippen molar-refractivity contribution in [3.8, 4) is 0 Å². The zero-order valence-corrected chi connectivity index (χ0v) is 37.5. The van der Waals surface area contributed by atoms with Gasteiger partial charge >= 0.3 is 11.9 Å². The second-order valence-electron chi connectivity index (χ2n) is 16.3. The number of rotatable bonds is 44. The lowest BCUT2D eigenvalue weighted by Crippen LogP contribution is -2.28. The standard InChI is InChI=1S/C47H93NO5S/c1-5-8-11-14-17-18-24-32-42-54-43-44(4)47(51)52-41-31-25-30-38-48(39-33-40-49)37-29-23-19-22-28-36-46(50)53-45(34-26-20-15-12-9-6-2)35-27-21-16-13-10-7-3/h44-45,49H,5-43H2,1-4H3. The molecule has 6 nitrogen and oxygen atoms in total. The minimum atomic E-state index is -0.0453. The highest BCUT2D eigenvalue weighted by molar-refractivity contribution is 7.99. The topological polar surface area (TPSA) is 76.1 Å². The van der Waals surface area contributed by atoms with E-state index in [9.17, 15) is 14.7 Å². The smallest absolute Gasteiger partial charge is 0.309 e. The van der Waals surface area contributed by atoms with Gasteiger partial charge in [0.1, 0.15) is 6.10 Å². The number of ether oxygens (including phenoxy) is 2. The zero-order valence-electron chi connectivity index (χ0n) is 36.7. The second-order valence-corrected chi connectivity index (χ2v) is 17.5. The highest BCUT2D eigenvalue weighted by Crippen LogP contribution is 2.19. The van der Waals surface area contributed by atoms with Crippen LogP contribution in [0.5, 0.6) is 0 Å². The lowest BCUT2D eigenvalue weighted by molar-refractivity contribution is -0.150. The fraction of sp³-hybridized carbons (Fsp3) is 0.957. The summed E-state index contributed by atoms with van der Waals surface area (Å²) >= 11 is 1.90. The van der Waals surface area contributed by atoms with Crippen LogP contribution >= 0.6 is 11.8 Å². The highest BCUT2D eigenvalue weighted by atomic mass is 32.2. The normalized spacial score (nSPS) is 12.2. The van der Waals surface area contributed by atoms with E-state index in [0.29, 0.717) is 13.0 Å². The molecule has 0 saturated carbocycles. The first-order chi connectivity index (χ1) is 26.5. The Morgan fingerprint density at radius 3 is 1.54 bits per heavy atom. The summed E-state index contributed by atoms with van der Waals surface area (Å²) in [4.78, 5) is 27.7. The van der Waals surface area contributed by atoms with Crippen molar-refractivity contribution >= 4 is 23.7 Å². The molecule has 1 N–H and O–H groups in total. The van der Waals surface area contributed by atoms with E-state index >= 15 is 0 Å². The Kier molecular flexibility index (Phi) is 42.7. The number of nitrogens with zero attached hydrogens (tertiary/aromatic N) is 1. The number of hydrogen-bond acceptors (Lipinski definition) is 7. The largest absolute Gasteiger partial charge is 0.465 e. The van der Waals surface area contributed by atoms with E-state index < -0.39 is 0 Å². The predicted octanol–water partition coefficient (Wildman–Crippen LogP) is 13.6. The molecule has 1 unspecified atom stereocenters. The van der Waals surface area contributed by atoms with Crippen LogP contribution in [0.4, 0.5) is 0 Å². The summed E-state index contributed by atoms with van der Waals surface area (Å²) in [6.45, 7) is 12.6. The molecule has 322 valence electrons. The van der Waals surface area contributed by atoms with Crippen LogP contribution in [-0.2, 0) is 19.1 Å². The van der Waals surface area contributed by atoms with Gasteiger partial charge in [0.15, 0.2) is 0 Å². The number of thioether (sulfide) groups is 1. The number of carbonyl (C=O) groups is 2. The second kappa shape index (κ2) is 43.3. The third kappa shape index (κ3) is 38.1. The molecule has 0 aliphatic heterocycles. The van der Waals surface area contributed by atoms with E-state index in [0.717, 1.165) is 95.3 Å². The van der Waals surface area contributed by atoms with Crippen LogP contribution in [0.2, 0.25) is 0 Å². The van der Waals surface area contributed by atoms with Crippen molar-refractivity contribution in [3.05, 3.63) is 0 Å². The molecule has 0 amide bonds. The molecule has 0 aliphatic carbocycles. The van der Waals surface area contributed by atoms with Crippen LogP contribution in [-0.4, -0.2) is 72.4 Å². The number of unbranched alkanes of at least 4 members (excludes halogenated alkanes) is 23. The van der Waals surface area contributed by atoms with E-state index in [2.05, 4.69) is 25.7 Å². The number of aliphatic hydroxyl groups excluding tert-OH is 1. The summed E-state index contributed by atoms with van der Waals surface area (Å²) < 4.78 is 11.6. The van der Waals surface area contributed by atoms with Gasteiger partial charge in [-0.05, 0) is 89.5 Å². The van der Waals surface area contributed by atoms with Crippen molar-refractivity contribution in [1.82, 2.24) is 4.90 Å². The van der Waals surface area contributed by atoms with Crippen LogP contribution in [0.15, 0.2) is 0 Å². The van der Waals surface area contributed by atoms with Crippen molar-refractivity contribution in [3.63, 3.8) is 0 Å². The number of carbonyl (C=O) groups excluding carboxylic acids is 2. The van der Waals surface area contributed by atoms with Crippen LogP contribution in [0.3, 0.4) is 0 Å². The van der Waals surface area contributed by atoms with Gasteiger partial charge in [-0.15, -0.1) is 0 Å². The molecule has 0 aromatic carbocycles. The van der Waals surface area contributed by atoms with Crippen LogP contribution < -0.4 is 0 Å². The quantitative estimate of drug-likeness (QED) is 0.0487. The Hall–Kier alpha value is -0.790. The van der Waals surface area contributed by atoms with Gasteiger partial charge in [0, 0.05) is 25.3 Å². The maximum absolute atomic E-state index is 12.7. The van der Waals surface area contributed by atoms with Gasteiger partial charge in [0.2, 0.25) is 0 Å². The Bertz CT molecular complexity index is 767. The average molecular weight is 784 g/mol. The van der Waals surface area contributed by atoms with Gasteiger partial charge in [-0.2, -0.15) is 11.8 Å². The Morgan fingerprint density at radius 2 is 1.00 bits per heavy atom. The van der Waals surface area contributed by atoms with E-state index in [1.807, 2.05) is 18.7 Å². The van der Waals surface area contributed by atoms with E-state index in [4.69, 9.17) is 9.47 Å². The molecule has 0 radical (unpaired) electrons. The molecule has 0 aromatic heterocycles. The maximum Gasteiger partial charge on any atom is 0.309 e. The monoisotopic (exact) mass is 784 g/mol. The molecular formula is C47H93NO5S. The fourth-order valence-corrected chi connectivity index (χ4v) is 8.24. The maximum atomic E-state index is 12.7. The molecule has 54 heavy (non-hydrogen) atoms. The molecule has 0 spiro atoms. The number of esters is 2. The molecular weight excluding hydrogens is 691 g/mol. The van der Waals surface area contributed by atoms with Gasteiger partial charge in [0.25, 0.3) is 0 Å². The van der Waals surface area contributed by atoms with E-state index in [-0.39, 0.29) is 30.6 Å². The zero-order chi connectivity index (χ0) is 39.6. The van der Waals surface area contributed by atoms with Gasteiger partial charge in [-0.1, -0.05) is 156 Å². The summed E-state index contributed by atoms with van der Waals surface area (Å²) in [7, 11) is 0. The Balaban J connectivity index is 4.07. The SMILES string of the molecule is CCCCCCCCCCSCC(C)C(=O)OCCCCCN(CCCO)CCCCCCCC(=O)OC(CCCCCCCC)CCCCCCCC. The highest BCUT2D eigenvalue weighted by Gasteiger charge is 2.15. The number of hydrogen-bond donors (Lipinski definition) is 1. The summed E-state index contributed by atoms with van der Waals surface area (Å²) in [5.41, 5.74) is 0. The molecule has 0 heterocycles. The lowest BCUT2D eigenvalue weighted by Gasteiger charge is -2.22. The molecule has 0 aromatic rings. The molecule has 0 rings (SSSR count). The van der Waals surface area contributed by atoms with Crippen molar-refractivity contribution in [1.29, 1.82) is 0 Å². The first kappa shape index (κ1) is 53.2. The van der Waals surface area contributed by atoms with Crippen molar-refractivity contribution in [2.75, 3.05) is 44.4 Å². The fourth-order valence-electron chi connectivity index (χ4n) is 7.17. The van der Waals surface area contributed by atoms with Gasteiger partial charge in [-0.3, -0.25) is 9.59 Å². The summed E-state index contributed by atoms with van der Waals surface area (Å²) in [5, 5.41) is 9.41. The van der Waals surface area contributed by atoms with Crippen LogP contribution in [0.25, 0.3) is 0 Å². The lowest BCUT2D eigenvalue weighted by atomic mass is 10.0. The van der Waals surface area contributed by atoms with Crippen LogP contribution in [0, 0.1) is 5.92 Å². The van der Waals surface area contributed by atoms with E-state index in [1.54, 1.807) is 0 Å². The minimum Gasteiger partial charge on any atom is -0.465 e. The summed E-state index contributed by atoms with van der Waals surface area (Å²) in [6.07, 6.45) is 38.2. The Labute approximate surface area is 341 Å². The predicted molar refractivity (Wildman–Crippen MR) is 236 cm³/mol. The first-order valence-corrected chi connectivity index (χ1v) is 24.9. The first-order valence-electron chi connectivity index (χ1n) is 23.7. The number of aliphatic hydroxyl groups is 1.